The SMILES string of the molecule is Cc1ccc2c(ccn2CCNC(=O)CC[C@H]2NC(=O)c3ccccc3NC2=O)c1. The molecule has 0 fully saturated rings. The smallest absolute Gasteiger partial charge is 0.254 e. The molecular weight excluding hydrogens is 380 g/mol. The molecule has 30 heavy (non-hydrogen) atoms. The molecule has 2 aromatic carbocycles. The molecule has 3 aromatic rings. The summed E-state index contributed by atoms with van der Waals surface area (Å²) in [6.07, 6.45) is 2.41. The number of aryl methyl sites for hydroxylation is 1. The summed E-state index contributed by atoms with van der Waals surface area (Å²) >= 11 is 0. The van der Waals surface area contributed by atoms with Crippen LogP contribution in [-0.2, 0) is 16.1 Å². The third-order valence-corrected chi connectivity index (χ3v) is 5.31. The van der Waals surface area contributed by atoms with E-state index in [1.807, 2.05) is 6.20 Å². The van der Waals surface area contributed by atoms with Crippen molar-refractivity contribution >= 4 is 34.3 Å². The van der Waals surface area contributed by atoms with Gasteiger partial charge in [0.25, 0.3) is 5.91 Å². The molecule has 1 aliphatic heterocycles. The highest BCUT2D eigenvalue weighted by Crippen LogP contribution is 2.19. The fourth-order valence-electron chi connectivity index (χ4n) is 3.71. The Bertz CT molecular complexity index is 1120. The molecule has 7 heteroatoms. The maximum atomic E-state index is 12.4. The summed E-state index contributed by atoms with van der Waals surface area (Å²) in [4.78, 5) is 37.0. The van der Waals surface area contributed by atoms with E-state index in [-0.39, 0.29) is 30.6 Å². The Labute approximate surface area is 174 Å². The Morgan fingerprint density at radius 1 is 1.13 bits per heavy atom. The zero-order valence-corrected chi connectivity index (χ0v) is 16.8. The molecule has 154 valence electrons. The van der Waals surface area contributed by atoms with Crippen molar-refractivity contribution in [3.8, 4) is 0 Å². The van der Waals surface area contributed by atoms with Gasteiger partial charge in [-0.25, -0.2) is 0 Å². The molecule has 0 saturated heterocycles. The van der Waals surface area contributed by atoms with Gasteiger partial charge in [-0.05, 0) is 49.1 Å². The Balaban J connectivity index is 1.27. The first-order valence-electron chi connectivity index (χ1n) is 10.0. The van der Waals surface area contributed by atoms with E-state index in [1.165, 1.54) is 10.9 Å². The molecule has 0 aliphatic carbocycles. The lowest BCUT2D eigenvalue weighted by atomic mass is 10.1. The largest absolute Gasteiger partial charge is 0.354 e. The highest BCUT2D eigenvalue weighted by Gasteiger charge is 2.27. The predicted molar refractivity (Wildman–Crippen MR) is 115 cm³/mol. The summed E-state index contributed by atoms with van der Waals surface area (Å²) in [5.41, 5.74) is 3.26. The van der Waals surface area contributed by atoms with Crippen molar-refractivity contribution < 1.29 is 14.4 Å². The van der Waals surface area contributed by atoms with Crippen LogP contribution in [0, 0.1) is 6.92 Å². The molecule has 0 radical (unpaired) electrons. The highest BCUT2D eigenvalue weighted by molar-refractivity contribution is 6.09. The number of para-hydroxylation sites is 1. The number of amides is 3. The minimum Gasteiger partial charge on any atom is -0.354 e. The van der Waals surface area contributed by atoms with Gasteiger partial charge < -0.3 is 20.5 Å². The topological polar surface area (TPSA) is 92.2 Å². The van der Waals surface area contributed by atoms with Gasteiger partial charge in [-0.1, -0.05) is 23.8 Å². The van der Waals surface area contributed by atoms with E-state index in [4.69, 9.17) is 0 Å². The number of rotatable bonds is 6. The number of carbonyl (C=O) groups excluding carboxylic acids is 3. The van der Waals surface area contributed by atoms with E-state index in [0.717, 1.165) is 5.52 Å². The van der Waals surface area contributed by atoms with E-state index in [2.05, 4.69) is 51.7 Å². The average molecular weight is 404 g/mol. The van der Waals surface area contributed by atoms with Crippen molar-refractivity contribution in [2.75, 3.05) is 11.9 Å². The molecule has 4 rings (SSSR count). The van der Waals surface area contributed by atoms with Crippen molar-refractivity contribution in [2.45, 2.75) is 32.4 Å². The number of hydrogen-bond donors (Lipinski definition) is 3. The van der Waals surface area contributed by atoms with Crippen LogP contribution in [0.3, 0.4) is 0 Å². The maximum Gasteiger partial charge on any atom is 0.254 e. The number of aromatic nitrogens is 1. The van der Waals surface area contributed by atoms with E-state index >= 15 is 0 Å². The second kappa shape index (κ2) is 8.41. The van der Waals surface area contributed by atoms with Crippen molar-refractivity contribution in [1.29, 1.82) is 0 Å². The Morgan fingerprint density at radius 3 is 2.83 bits per heavy atom. The monoisotopic (exact) mass is 404 g/mol. The molecule has 0 spiro atoms. The summed E-state index contributed by atoms with van der Waals surface area (Å²) in [6, 6.07) is 14.5. The molecule has 0 bridgehead atoms. The first kappa shape index (κ1) is 19.7. The first-order valence-corrected chi connectivity index (χ1v) is 10.0. The van der Waals surface area contributed by atoms with Gasteiger partial charge in [0.2, 0.25) is 11.8 Å². The van der Waals surface area contributed by atoms with E-state index in [0.29, 0.717) is 24.3 Å². The molecule has 1 atom stereocenters. The van der Waals surface area contributed by atoms with Gasteiger partial charge in [-0.15, -0.1) is 0 Å². The van der Waals surface area contributed by atoms with E-state index < -0.39 is 6.04 Å². The van der Waals surface area contributed by atoms with Gasteiger partial charge >= 0.3 is 0 Å². The number of benzene rings is 2. The summed E-state index contributed by atoms with van der Waals surface area (Å²) in [5, 5.41) is 9.53. The van der Waals surface area contributed by atoms with Crippen molar-refractivity contribution in [3.63, 3.8) is 0 Å². The van der Waals surface area contributed by atoms with Crippen LogP contribution in [0.1, 0.15) is 28.8 Å². The summed E-state index contributed by atoms with van der Waals surface area (Å²) in [6.45, 7) is 3.21. The lowest BCUT2D eigenvalue weighted by Gasteiger charge is -2.14. The van der Waals surface area contributed by atoms with Crippen LogP contribution >= 0.6 is 0 Å². The maximum absolute atomic E-state index is 12.4. The first-order chi connectivity index (χ1) is 14.5. The molecule has 3 amide bonds. The molecular formula is C23H24N4O3. The number of nitrogens with zero attached hydrogens (tertiary/aromatic N) is 1. The fourth-order valence-corrected chi connectivity index (χ4v) is 3.71. The van der Waals surface area contributed by atoms with E-state index in [9.17, 15) is 14.4 Å². The number of anilines is 1. The summed E-state index contributed by atoms with van der Waals surface area (Å²) < 4.78 is 2.10. The quantitative estimate of drug-likeness (QED) is 0.590. The highest BCUT2D eigenvalue weighted by atomic mass is 16.2. The molecule has 1 aromatic heterocycles. The standard InChI is InChI=1S/C23H24N4O3/c1-15-6-8-20-16(14-15)10-12-27(20)13-11-24-21(28)9-7-19-23(30)25-18-5-3-2-4-17(18)22(29)26-19/h2-6,8,10,12,14,19H,7,9,11,13H2,1H3,(H,24,28)(H,25,30)(H,26,29)/t19-/m1/s1. The van der Waals surface area contributed by atoms with Crippen molar-refractivity contribution in [2.24, 2.45) is 0 Å². The number of nitrogens with one attached hydrogen (secondary N) is 3. The fraction of sp³-hybridized carbons (Fsp3) is 0.261. The summed E-state index contributed by atoms with van der Waals surface area (Å²) in [5.74, 6) is -0.773. The Hall–Kier alpha value is -3.61. The minimum absolute atomic E-state index is 0.147. The molecule has 3 N–H and O–H groups in total. The Kier molecular flexibility index (Phi) is 5.52. The lowest BCUT2D eigenvalue weighted by Crippen LogP contribution is -2.42. The van der Waals surface area contributed by atoms with Crippen LogP contribution in [-0.4, -0.2) is 34.9 Å². The summed E-state index contributed by atoms with van der Waals surface area (Å²) in [7, 11) is 0. The van der Waals surface area contributed by atoms with Gasteiger partial charge in [0, 0.05) is 31.2 Å². The van der Waals surface area contributed by atoms with Gasteiger partial charge in [0.05, 0.1) is 11.3 Å². The third kappa shape index (κ3) is 4.20. The third-order valence-electron chi connectivity index (χ3n) is 5.31. The lowest BCUT2D eigenvalue weighted by molar-refractivity contribution is -0.121. The van der Waals surface area contributed by atoms with Crippen LogP contribution in [0.25, 0.3) is 10.9 Å². The molecule has 7 nitrogen and oxygen atoms in total. The Morgan fingerprint density at radius 2 is 1.97 bits per heavy atom. The normalized spacial score (nSPS) is 15.8. The minimum atomic E-state index is -0.743. The molecule has 1 aliphatic rings. The number of carbonyl (C=O) groups is 3. The predicted octanol–water partition coefficient (Wildman–Crippen LogP) is 2.60. The van der Waals surface area contributed by atoms with Crippen LogP contribution in [0.5, 0.6) is 0 Å². The second-order valence-corrected chi connectivity index (χ2v) is 7.52. The molecule has 2 heterocycles. The zero-order chi connectivity index (χ0) is 21.1. The van der Waals surface area contributed by atoms with Gasteiger partial charge in [-0.3, -0.25) is 14.4 Å². The number of hydrogen-bond acceptors (Lipinski definition) is 3. The average Bonchev–Trinajstić information content (AvgIpc) is 3.07. The number of fused-ring (bicyclic) bond motifs is 2. The van der Waals surface area contributed by atoms with Crippen molar-refractivity contribution in [1.82, 2.24) is 15.2 Å². The van der Waals surface area contributed by atoms with Gasteiger partial charge in [-0.2, -0.15) is 0 Å². The zero-order valence-electron chi connectivity index (χ0n) is 16.8. The van der Waals surface area contributed by atoms with E-state index in [1.54, 1.807) is 24.3 Å². The van der Waals surface area contributed by atoms with Gasteiger partial charge in [0.1, 0.15) is 6.04 Å². The van der Waals surface area contributed by atoms with Crippen molar-refractivity contribution in [3.05, 3.63) is 65.9 Å². The van der Waals surface area contributed by atoms with Gasteiger partial charge in [0.15, 0.2) is 0 Å². The van der Waals surface area contributed by atoms with Crippen LogP contribution in [0.2, 0.25) is 0 Å². The van der Waals surface area contributed by atoms with Crippen LogP contribution in [0.4, 0.5) is 5.69 Å². The van der Waals surface area contributed by atoms with Crippen LogP contribution < -0.4 is 16.0 Å². The molecule has 0 unspecified atom stereocenters. The van der Waals surface area contributed by atoms with Crippen LogP contribution in [0.15, 0.2) is 54.7 Å². The second-order valence-electron chi connectivity index (χ2n) is 7.52. The molecule has 0 saturated carbocycles.